The van der Waals surface area contributed by atoms with Crippen LogP contribution in [0.4, 0.5) is 0 Å². The minimum Gasteiger partial charge on any atom is -0.0654 e. The van der Waals surface area contributed by atoms with Crippen molar-refractivity contribution in [3.63, 3.8) is 0 Å². The molecule has 0 radical (unpaired) electrons. The van der Waals surface area contributed by atoms with Crippen molar-refractivity contribution in [2.45, 2.75) is 310 Å². The van der Waals surface area contributed by atoms with Crippen molar-refractivity contribution in [3.8, 4) is 0 Å². The van der Waals surface area contributed by atoms with Gasteiger partial charge in [0.2, 0.25) is 0 Å². The van der Waals surface area contributed by atoms with Crippen LogP contribution < -0.4 is 0 Å². The van der Waals surface area contributed by atoms with Crippen molar-refractivity contribution >= 4 is 7.26 Å². The Morgan fingerprint density at radius 1 is 0.151 bits per heavy atom. The summed E-state index contributed by atoms with van der Waals surface area (Å²) in [5, 5.41) is 0. The average Bonchev–Trinajstić information content (AvgIpc) is 3.17. The highest BCUT2D eigenvalue weighted by Gasteiger charge is 2.35. The van der Waals surface area contributed by atoms with Crippen LogP contribution in [0.1, 0.15) is 310 Å². The van der Waals surface area contributed by atoms with E-state index in [2.05, 4.69) is 27.7 Å². The van der Waals surface area contributed by atoms with Crippen molar-refractivity contribution < 1.29 is 0 Å². The van der Waals surface area contributed by atoms with Crippen LogP contribution in [0, 0.1) is 0 Å². The number of rotatable bonds is 48. The van der Waals surface area contributed by atoms with Crippen molar-refractivity contribution in [3.05, 3.63) is 0 Å². The highest BCUT2D eigenvalue weighted by atomic mass is 31.2. The molecule has 0 aliphatic heterocycles. The van der Waals surface area contributed by atoms with Crippen LogP contribution in [0.3, 0.4) is 0 Å². The molecule has 320 valence electrons. The summed E-state index contributed by atoms with van der Waals surface area (Å²) in [6.07, 6.45) is 72.3. The highest BCUT2D eigenvalue weighted by Crippen LogP contribution is 2.61. The summed E-state index contributed by atoms with van der Waals surface area (Å²) in [5.74, 6) is 0. The van der Waals surface area contributed by atoms with Crippen LogP contribution in [-0.4, -0.2) is 24.6 Å². The Morgan fingerprint density at radius 2 is 0.264 bits per heavy atom. The van der Waals surface area contributed by atoms with Gasteiger partial charge in [-0.3, -0.25) is 0 Å². The molecule has 0 saturated carbocycles. The molecule has 0 nitrogen and oxygen atoms in total. The van der Waals surface area contributed by atoms with E-state index in [0.29, 0.717) is 0 Å². The van der Waals surface area contributed by atoms with Gasteiger partial charge in [0.05, 0.1) is 24.6 Å². The third-order valence-corrected chi connectivity index (χ3v) is 18.0. The van der Waals surface area contributed by atoms with E-state index < -0.39 is 7.26 Å². The van der Waals surface area contributed by atoms with Gasteiger partial charge in [0, 0.05) is 7.26 Å². The third kappa shape index (κ3) is 41.9. The first kappa shape index (κ1) is 53.4. The fourth-order valence-corrected chi connectivity index (χ4v) is 14.0. The Labute approximate surface area is 340 Å². The van der Waals surface area contributed by atoms with Crippen LogP contribution in [0.25, 0.3) is 0 Å². The lowest BCUT2D eigenvalue weighted by molar-refractivity contribution is 0.538. The Bertz CT molecular complexity index is 567. The normalized spacial score (nSPS) is 12.0. The van der Waals surface area contributed by atoms with Gasteiger partial charge >= 0.3 is 0 Å². The second-order valence-corrected chi connectivity index (χ2v) is 22.9. The van der Waals surface area contributed by atoms with E-state index >= 15 is 0 Å². The van der Waals surface area contributed by atoms with E-state index in [9.17, 15) is 0 Å². The second kappa shape index (κ2) is 46.8. The topological polar surface area (TPSA) is 0 Å². The van der Waals surface area contributed by atoms with Crippen molar-refractivity contribution in [1.82, 2.24) is 0 Å². The van der Waals surface area contributed by atoms with Gasteiger partial charge < -0.3 is 0 Å². The molecule has 0 saturated heterocycles. The molecule has 0 aromatic rings. The van der Waals surface area contributed by atoms with Crippen LogP contribution in [0.5, 0.6) is 0 Å². The summed E-state index contributed by atoms with van der Waals surface area (Å²) in [6, 6.07) is 0. The van der Waals surface area contributed by atoms with E-state index in [0.717, 1.165) is 0 Å². The molecule has 0 aliphatic carbocycles. The lowest BCUT2D eigenvalue weighted by atomic mass is 10.0. The van der Waals surface area contributed by atoms with E-state index in [-0.39, 0.29) is 0 Å². The lowest BCUT2D eigenvalue weighted by Crippen LogP contribution is -2.13. The molecular weight excluding hydrogens is 656 g/mol. The van der Waals surface area contributed by atoms with Crippen molar-refractivity contribution in [1.29, 1.82) is 0 Å². The predicted octanol–water partition coefficient (Wildman–Crippen LogP) is 20.2. The molecule has 0 spiro atoms. The summed E-state index contributed by atoms with van der Waals surface area (Å²) >= 11 is 0. The predicted molar refractivity (Wildman–Crippen MR) is 252 cm³/mol. The summed E-state index contributed by atoms with van der Waals surface area (Å²) in [5.41, 5.74) is 0. The second-order valence-electron chi connectivity index (χ2n) is 18.4. The number of unbranched alkanes of at least 4 members (excludes halogenated alkanes) is 40. The Hall–Kier alpha value is 0.430. The zero-order valence-corrected chi connectivity index (χ0v) is 39.3. The van der Waals surface area contributed by atoms with Crippen LogP contribution >= 0.6 is 7.26 Å². The van der Waals surface area contributed by atoms with Crippen LogP contribution in [0.15, 0.2) is 0 Å². The molecule has 0 aromatic carbocycles. The molecule has 0 bridgehead atoms. The standard InChI is InChI=1S/C52H108P/c1-5-9-13-17-21-25-29-30-31-32-36-40-44-48-52-53(49-45-41-37-33-26-22-18-14-10-6-2,50-46-42-38-34-27-23-19-15-11-7-3)51-47-43-39-35-28-24-20-16-12-8-4/h5-52H2,1-4H3/q+1. The molecule has 0 unspecified atom stereocenters. The first-order valence-electron chi connectivity index (χ1n) is 26.1. The summed E-state index contributed by atoms with van der Waals surface area (Å²) < 4.78 is 0. The molecule has 53 heavy (non-hydrogen) atoms. The minimum atomic E-state index is -0.803. The van der Waals surface area contributed by atoms with E-state index in [1.165, 1.54) is 257 Å². The quantitative estimate of drug-likeness (QED) is 0.0428. The molecule has 0 fully saturated rings. The van der Waals surface area contributed by atoms with Crippen LogP contribution in [-0.2, 0) is 0 Å². The summed E-state index contributed by atoms with van der Waals surface area (Å²) in [7, 11) is -0.803. The van der Waals surface area contributed by atoms with Crippen LogP contribution in [0.2, 0.25) is 0 Å². The molecule has 1 heteroatoms. The van der Waals surface area contributed by atoms with Gasteiger partial charge in [-0.1, -0.05) is 259 Å². The smallest absolute Gasteiger partial charge is 0.0594 e. The zero-order valence-electron chi connectivity index (χ0n) is 38.4. The molecule has 0 rings (SSSR count). The Morgan fingerprint density at radius 3 is 0.396 bits per heavy atom. The van der Waals surface area contributed by atoms with Gasteiger partial charge in [0.25, 0.3) is 0 Å². The fraction of sp³-hybridized carbons (Fsp3) is 1.00. The SMILES string of the molecule is CCCCCCCCCCCCCCCC[P+](CCCCCCCCCCCC)(CCCCCCCCCCCC)CCCCCCCCCCCC. The maximum Gasteiger partial charge on any atom is 0.0594 e. The molecule has 0 aromatic heterocycles. The van der Waals surface area contributed by atoms with Gasteiger partial charge in [-0.15, -0.1) is 0 Å². The number of hydrogen-bond acceptors (Lipinski definition) is 0. The Balaban J connectivity index is 4.84. The van der Waals surface area contributed by atoms with E-state index in [1.807, 2.05) is 0 Å². The summed E-state index contributed by atoms with van der Waals surface area (Å²) in [4.78, 5) is 0. The largest absolute Gasteiger partial charge is 0.0654 e. The van der Waals surface area contributed by atoms with Crippen molar-refractivity contribution in [2.24, 2.45) is 0 Å². The molecule has 0 heterocycles. The number of hydrogen-bond donors (Lipinski definition) is 0. The third-order valence-electron chi connectivity index (χ3n) is 12.9. The first-order valence-corrected chi connectivity index (χ1v) is 28.6. The highest BCUT2D eigenvalue weighted by molar-refractivity contribution is 7.75. The molecule has 0 amide bonds. The van der Waals surface area contributed by atoms with Gasteiger partial charge in [-0.2, -0.15) is 0 Å². The fourth-order valence-electron chi connectivity index (χ4n) is 9.12. The van der Waals surface area contributed by atoms with E-state index in [1.54, 1.807) is 50.3 Å². The first-order chi connectivity index (χ1) is 26.2. The van der Waals surface area contributed by atoms with E-state index in [4.69, 9.17) is 0 Å². The molecule has 0 N–H and O–H groups in total. The maximum atomic E-state index is 2.34. The van der Waals surface area contributed by atoms with Gasteiger partial charge in [-0.05, 0) is 51.4 Å². The van der Waals surface area contributed by atoms with Gasteiger partial charge in [-0.25, -0.2) is 0 Å². The summed E-state index contributed by atoms with van der Waals surface area (Å²) in [6.45, 7) is 9.36. The lowest BCUT2D eigenvalue weighted by Gasteiger charge is -2.28. The minimum absolute atomic E-state index is 0.803. The average molecular weight is 764 g/mol. The monoisotopic (exact) mass is 764 g/mol. The molecule has 0 aliphatic rings. The molecular formula is C52H108P+. The molecule has 0 atom stereocenters. The van der Waals surface area contributed by atoms with Gasteiger partial charge in [0.15, 0.2) is 0 Å². The van der Waals surface area contributed by atoms with Crippen molar-refractivity contribution in [2.75, 3.05) is 24.6 Å². The maximum absolute atomic E-state index is 2.34. The van der Waals surface area contributed by atoms with Gasteiger partial charge in [0.1, 0.15) is 0 Å². The zero-order chi connectivity index (χ0) is 38.4. The Kier molecular flexibility index (Phi) is 47.2.